The Hall–Kier alpha value is -2.15. The van der Waals surface area contributed by atoms with Crippen molar-refractivity contribution >= 4 is 27.8 Å². The van der Waals surface area contributed by atoms with Crippen molar-refractivity contribution in [2.45, 2.75) is 6.92 Å². The van der Waals surface area contributed by atoms with Gasteiger partial charge in [-0.2, -0.15) is 0 Å². The predicted octanol–water partition coefficient (Wildman–Crippen LogP) is 2.28. The lowest BCUT2D eigenvalue weighted by molar-refractivity contribution is -0.133. The summed E-state index contributed by atoms with van der Waals surface area (Å²) >= 11 is 3.37. The fourth-order valence-electron chi connectivity index (χ4n) is 2.51. The van der Waals surface area contributed by atoms with Crippen molar-refractivity contribution in [3.05, 3.63) is 46.7 Å². The summed E-state index contributed by atoms with van der Waals surface area (Å²) in [5.74, 6) is 1.43. The summed E-state index contributed by atoms with van der Waals surface area (Å²) in [6.45, 7) is 4.77. The molecule has 126 valence electrons. The van der Waals surface area contributed by atoms with E-state index in [0.717, 1.165) is 29.2 Å². The van der Waals surface area contributed by atoms with Gasteiger partial charge in [-0.25, -0.2) is 9.97 Å². The predicted molar refractivity (Wildman–Crippen MR) is 95.2 cm³/mol. The number of aromatic nitrogens is 2. The first-order chi connectivity index (χ1) is 11.6. The van der Waals surface area contributed by atoms with Crippen LogP contribution < -0.4 is 9.64 Å². The smallest absolute Gasteiger partial charge is 0.260 e. The molecule has 1 amide bonds. The van der Waals surface area contributed by atoms with Crippen LogP contribution in [0.3, 0.4) is 0 Å². The SMILES string of the molecule is Cc1ccnc(N2CCN(C(=O)COc3ccc(Br)cc3)CC2)n1. The maximum Gasteiger partial charge on any atom is 0.260 e. The number of carbonyl (C=O) groups is 1. The number of aryl methyl sites for hydroxylation is 1. The largest absolute Gasteiger partial charge is 0.484 e. The monoisotopic (exact) mass is 390 g/mol. The van der Waals surface area contributed by atoms with E-state index in [1.807, 2.05) is 42.2 Å². The number of carbonyl (C=O) groups excluding carboxylic acids is 1. The summed E-state index contributed by atoms with van der Waals surface area (Å²) in [6.07, 6.45) is 1.77. The fourth-order valence-corrected chi connectivity index (χ4v) is 2.78. The van der Waals surface area contributed by atoms with E-state index in [2.05, 4.69) is 30.8 Å². The molecule has 7 heteroatoms. The van der Waals surface area contributed by atoms with E-state index in [-0.39, 0.29) is 12.5 Å². The number of benzene rings is 1. The van der Waals surface area contributed by atoms with Gasteiger partial charge in [0.2, 0.25) is 5.95 Å². The lowest BCUT2D eigenvalue weighted by Crippen LogP contribution is -2.50. The van der Waals surface area contributed by atoms with Crippen molar-refractivity contribution in [1.29, 1.82) is 0 Å². The second kappa shape index (κ2) is 7.61. The summed E-state index contributed by atoms with van der Waals surface area (Å²) in [5, 5.41) is 0. The zero-order chi connectivity index (χ0) is 16.9. The minimum atomic E-state index is 0.00253. The molecule has 1 aliphatic heterocycles. The third-order valence-electron chi connectivity index (χ3n) is 3.87. The molecule has 0 saturated carbocycles. The summed E-state index contributed by atoms with van der Waals surface area (Å²) in [4.78, 5) is 24.9. The Labute approximate surface area is 149 Å². The fraction of sp³-hybridized carbons (Fsp3) is 0.353. The van der Waals surface area contributed by atoms with E-state index in [0.29, 0.717) is 18.8 Å². The van der Waals surface area contributed by atoms with Crippen molar-refractivity contribution < 1.29 is 9.53 Å². The molecule has 6 nitrogen and oxygen atoms in total. The molecule has 1 saturated heterocycles. The minimum Gasteiger partial charge on any atom is -0.484 e. The van der Waals surface area contributed by atoms with Crippen LogP contribution in [0.5, 0.6) is 5.75 Å². The second-order valence-electron chi connectivity index (χ2n) is 5.61. The van der Waals surface area contributed by atoms with Crippen molar-refractivity contribution in [3.8, 4) is 5.75 Å². The van der Waals surface area contributed by atoms with E-state index in [4.69, 9.17) is 4.74 Å². The standard InChI is InChI=1S/C17H19BrN4O2/c1-13-6-7-19-17(20-13)22-10-8-21(9-11-22)16(23)12-24-15-4-2-14(18)3-5-15/h2-7H,8-12H2,1H3. The number of ether oxygens (including phenoxy) is 1. The lowest BCUT2D eigenvalue weighted by atomic mass is 10.3. The first-order valence-corrected chi connectivity index (χ1v) is 8.62. The van der Waals surface area contributed by atoms with Crippen molar-refractivity contribution in [2.75, 3.05) is 37.7 Å². The highest BCUT2D eigenvalue weighted by molar-refractivity contribution is 9.10. The molecule has 24 heavy (non-hydrogen) atoms. The van der Waals surface area contributed by atoms with Crippen LogP contribution in [0, 0.1) is 6.92 Å². The first-order valence-electron chi connectivity index (χ1n) is 7.82. The van der Waals surface area contributed by atoms with Crippen molar-refractivity contribution in [3.63, 3.8) is 0 Å². The Bertz CT molecular complexity index is 700. The zero-order valence-electron chi connectivity index (χ0n) is 13.5. The number of amides is 1. The molecule has 0 N–H and O–H groups in total. The molecule has 3 rings (SSSR count). The summed E-state index contributed by atoms with van der Waals surface area (Å²) in [7, 11) is 0. The highest BCUT2D eigenvalue weighted by Crippen LogP contribution is 2.16. The molecular formula is C17H19BrN4O2. The topological polar surface area (TPSA) is 58.6 Å². The van der Waals surface area contributed by atoms with Crippen LogP contribution >= 0.6 is 15.9 Å². The summed E-state index contributed by atoms with van der Waals surface area (Å²) in [6, 6.07) is 9.33. The Kier molecular flexibility index (Phi) is 5.30. The molecule has 0 bridgehead atoms. The number of halogens is 1. The molecule has 0 radical (unpaired) electrons. The van der Waals surface area contributed by atoms with Gasteiger partial charge < -0.3 is 14.5 Å². The Morgan fingerprint density at radius 3 is 2.54 bits per heavy atom. The van der Waals surface area contributed by atoms with Gasteiger partial charge in [0.05, 0.1) is 0 Å². The van der Waals surface area contributed by atoms with E-state index in [1.165, 1.54) is 0 Å². The van der Waals surface area contributed by atoms with Gasteiger partial charge in [0.25, 0.3) is 5.91 Å². The first kappa shape index (κ1) is 16.7. The third-order valence-corrected chi connectivity index (χ3v) is 4.40. The van der Waals surface area contributed by atoms with Gasteiger partial charge in [-0.3, -0.25) is 4.79 Å². The zero-order valence-corrected chi connectivity index (χ0v) is 15.1. The highest BCUT2D eigenvalue weighted by atomic mass is 79.9. The van der Waals surface area contributed by atoms with E-state index >= 15 is 0 Å². The van der Waals surface area contributed by atoms with E-state index < -0.39 is 0 Å². The lowest BCUT2D eigenvalue weighted by Gasteiger charge is -2.34. The maximum absolute atomic E-state index is 12.3. The number of piperazine rings is 1. The quantitative estimate of drug-likeness (QED) is 0.801. The average molecular weight is 391 g/mol. The van der Waals surface area contributed by atoms with Gasteiger partial charge in [-0.1, -0.05) is 15.9 Å². The number of nitrogens with zero attached hydrogens (tertiary/aromatic N) is 4. The van der Waals surface area contributed by atoms with Gasteiger partial charge in [-0.15, -0.1) is 0 Å². The van der Waals surface area contributed by atoms with Gasteiger partial charge in [0.15, 0.2) is 6.61 Å². The molecule has 0 aliphatic carbocycles. The number of hydrogen-bond acceptors (Lipinski definition) is 5. The number of rotatable bonds is 4. The Morgan fingerprint density at radius 1 is 1.17 bits per heavy atom. The Morgan fingerprint density at radius 2 is 1.88 bits per heavy atom. The van der Waals surface area contributed by atoms with Crippen LogP contribution in [-0.4, -0.2) is 53.6 Å². The van der Waals surface area contributed by atoms with Gasteiger partial charge in [-0.05, 0) is 37.3 Å². The van der Waals surface area contributed by atoms with Gasteiger partial charge in [0.1, 0.15) is 5.75 Å². The van der Waals surface area contributed by atoms with Crippen LogP contribution in [0.15, 0.2) is 41.0 Å². The molecular weight excluding hydrogens is 372 g/mol. The van der Waals surface area contributed by atoms with Crippen LogP contribution in [-0.2, 0) is 4.79 Å². The summed E-state index contributed by atoms with van der Waals surface area (Å²) in [5.41, 5.74) is 0.946. The molecule has 1 fully saturated rings. The number of anilines is 1. The normalized spacial score (nSPS) is 14.6. The molecule has 0 atom stereocenters. The third kappa shape index (κ3) is 4.23. The molecule has 1 aliphatic rings. The maximum atomic E-state index is 12.3. The van der Waals surface area contributed by atoms with Crippen molar-refractivity contribution in [2.24, 2.45) is 0 Å². The molecule has 1 aromatic heterocycles. The van der Waals surface area contributed by atoms with E-state index in [9.17, 15) is 4.79 Å². The second-order valence-corrected chi connectivity index (χ2v) is 6.52. The van der Waals surface area contributed by atoms with Crippen LogP contribution in [0.25, 0.3) is 0 Å². The van der Waals surface area contributed by atoms with Crippen LogP contribution in [0.2, 0.25) is 0 Å². The van der Waals surface area contributed by atoms with Gasteiger partial charge in [0, 0.05) is 42.5 Å². The molecule has 0 unspecified atom stereocenters. The molecule has 2 aromatic rings. The summed E-state index contributed by atoms with van der Waals surface area (Å²) < 4.78 is 6.53. The van der Waals surface area contributed by atoms with Gasteiger partial charge >= 0.3 is 0 Å². The van der Waals surface area contributed by atoms with E-state index in [1.54, 1.807) is 6.20 Å². The molecule has 2 heterocycles. The molecule has 1 aromatic carbocycles. The molecule has 0 spiro atoms. The average Bonchev–Trinajstić information content (AvgIpc) is 2.61. The number of hydrogen-bond donors (Lipinski definition) is 0. The highest BCUT2D eigenvalue weighted by Gasteiger charge is 2.22. The Balaban J connectivity index is 1.49. The van der Waals surface area contributed by atoms with Crippen LogP contribution in [0.4, 0.5) is 5.95 Å². The van der Waals surface area contributed by atoms with Crippen LogP contribution in [0.1, 0.15) is 5.69 Å². The van der Waals surface area contributed by atoms with Crippen molar-refractivity contribution in [1.82, 2.24) is 14.9 Å². The minimum absolute atomic E-state index is 0.00253.